The zero-order chi connectivity index (χ0) is 15.8. The van der Waals surface area contributed by atoms with E-state index in [9.17, 15) is 0 Å². The van der Waals surface area contributed by atoms with Crippen molar-refractivity contribution in [1.29, 1.82) is 0 Å². The third-order valence-corrected chi connectivity index (χ3v) is 3.94. The molecule has 0 unspecified atom stereocenters. The van der Waals surface area contributed by atoms with Crippen LogP contribution < -0.4 is 5.73 Å². The molecule has 4 heteroatoms. The van der Waals surface area contributed by atoms with Crippen molar-refractivity contribution in [2.45, 2.75) is 6.92 Å². The Morgan fingerprint density at radius 1 is 0.826 bits per heavy atom. The second-order valence-corrected chi connectivity index (χ2v) is 5.64. The Balaban J connectivity index is 1.81. The number of nitrogens with zero attached hydrogens (tertiary/aromatic N) is 2. The molecule has 4 nitrogen and oxygen atoms in total. The molecule has 1 aromatic carbocycles. The molecule has 0 bridgehead atoms. The number of aromatic nitrogens is 3. The average molecular weight is 300 g/mol. The lowest BCUT2D eigenvalue weighted by Gasteiger charge is -2.02. The first-order valence-corrected chi connectivity index (χ1v) is 7.47. The van der Waals surface area contributed by atoms with Crippen LogP contribution in [0.1, 0.15) is 5.69 Å². The molecule has 3 N–H and O–H groups in total. The molecular formula is C19H16N4. The van der Waals surface area contributed by atoms with Crippen molar-refractivity contribution in [3.8, 4) is 22.4 Å². The predicted octanol–water partition coefficient (Wildman–Crippen LogP) is 4.18. The number of H-pyrrole nitrogens is 1. The van der Waals surface area contributed by atoms with Crippen LogP contribution in [0, 0.1) is 6.92 Å². The summed E-state index contributed by atoms with van der Waals surface area (Å²) >= 11 is 0. The van der Waals surface area contributed by atoms with Gasteiger partial charge in [0.15, 0.2) is 0 Å². The van der Waals surface area contributed by atoms with Crippen molar-refractivity contribution in [3.05, 3.63) is 66.6 Å². The van der Waals surface area contributed by atoms with Gasteiger partial charge in [0.05, 0.1) is 0 Å². The number of anilines is 1. The van der Waals surface area contributed by atoms with E-state index in [2.05, 4.69) is 45.3 Å². The maximum atomic E-state index is 5.78. The molecule has 3 heterocycles. The standard InChI is InChI=1S/C19H16N4/c1-12-8-15(5-6-21-12)18-10-16-9-13(2-3-17(16)23-18)14-4-7-22-19(20)11-14/h2-11,23H,1H3,(H2,20,22). The topological polar surface area (TPSA) is 67.6 Å². The van der Waals surface area contributed by atoms with Gasteiger partial charge in [0.2, 0.25) is 0 Å². The normalized spacial score (nSPS) is 11.0. The van der Waals surface area contributed by atoms with Gasteiger partial charge in [-0.3, -0.25) is 4.98 Å². The number of nitrogens with one attached hydrogen (secondary N) is 1. The molecule has 4 aromatic rings. The molecule has 4 rings (SSSR count). The zero-order valence-electron chi connectivity index (χ0n) is 12.7. The monoisotopic (exact) mass is 300 g/mol. The van der Waals surface area contributed by atoms with E-state index in [0.717, 1.165) is 33.6 Å². The minimum Gasteiger partial charge on any atom is -0.384 e. The van der Waals surface area contributed by atoms with Gasteiger partial charge in [-0.25, -0.2) is 4.98 Å². The molecule has 0 aliphatic heterocycles. The molecule has 112 valence electrons. The molecule has 0 saturated carbocycles. The van der Waals surface area contributed by atoms with E-state index >= 15 is 0 Å². The lowest BCUT2D eigenvalue weighted by atomic mass is 10.0. The summed E-state index contributed by atoms with van der Waals surface area (Å²) in [7, 11) is 0. The van der Waals surface area contributed by atoms with Crippen molar-refractivity contribution in [2.24, 2.45) is 0 Å². The number of rotatable bonds is 2. The van der Waals surface area contributed by atoms with E-state index in [4.69, 9.17) is 5.73 Å². The van der Waals surface area contributed by atoms with Gasteiger partial charge >= 0.3 is 0 Å². The molecule has 0 amide bonds. The molecule has 0 saturated heterocycles. The summed E-state index contributed by atoms with van der Waals surface area (Å²) < 4.78 is 0. The van der Waals surface area contributed by atoms with Gasteiger partial charge in [0, 0.05) is 40.2 Å². The molecule has 23 heavy (non-hydrogen) atoms. The van der Waals surface area contributed by atoms with Gasteiger partial charge < -0.3 is 10.7 Å². The first kappa shape index (κ1) is 13.5. The van der Waals surface area contributed by atoms with Crippen LogP contribution in [0.15, 0.2) is 60.9 Å². The van der Waals surface area contributed by atoms with Gasteiger partial charge in [0.25, 0.3) is 0 Å². The molecule has 0 spiro atoms. The third kappa shape index (κ3) is 2.55. The first-order valence-electron chi connectivity index (χ1n) is 7.47. The van der Waals surface area contributed by atoms with E-state index < -0.39 is 0 Å². The highest BCUT2D eigenvalue weighted by molar-refractivity contribution is 5.89. The lowest BCUT2D eigenvalue weighted by molar-refractivity contribution is 1.20. The van der Waals surface area contributed by atoms with Crippen molar-refractivity contribution >= 4 is 16.7 Å². The minimum absolute atomic E-state index is 0.532. The molecule has 0 aliphatic rings. The Hall–Kier alpha value is -3.14. The number of pyridine rings is 2. The summed E-state index contributed by atoms with van der Waals surface area (Å²) in [6, 6.07) is 16.5. The zero-order valence-corrected chi connectivity index (χ0v) is 12.7. The van der Waals surface area contributed by atoms with E-state index in [-0.39, 0.29) is 0 Å². The maximum Gasteiger partial charge on any atom is 0.123 e. The van der Waals surface area contributed by atoms with Crippen LogP contribution in [-0.4, -0.2) is 15.0 Å². The van der Waals surface area contributed by atoms with E-state index in [1.54, 1.807) is 6.20 Å². The molecule has 3 aromatic heterocycles. The number of fused-ring (bicyclic) bond motifs is 1. The van der Waals surface area contributed by atoms with Gasteiger partial charge in [-0.2, -0.15) is 0 Å². The quantitative estimate of drug-likeness (QED) is 0.583. The second kappa shape index (κ2) is 5.25. The fraction of sp³-hybridized carbons (Fsp3) is 0.0526. The fourth-order valence-corrected chi connectivity index (χ4v) is 2.81. The number of nitrogen functional groups attached to an aromatic ring is 1. The predicted molar refractivity (Wildman–Crippen MR) is 93.9 cm³/mol. The maximum absolute atomic E-state index is 5.78. The number of nitrogens with two attached hydrogens (primary N) is 1. The smallest absolute Gasteiger partial charge is 0.123 e. The average Bonchev–Trinajstić information content (AvgIpc) is 2.98. The minimum atomic E-state index is 0.532. The van der Waals surface area contributed by atoms with Crippen LogP contribution in [0.2, 0.25) is 0 Å². The Morgan fingerprint density at radius 2 is 1.61 bits per heavy atom. The number of benzene rings is 1. The van der Waals surface area contributed by atoms with Crippen molar-refractivity contribution < 1.29 is 0 Å². The molecule has 0 fully saturated rings. The highest BCUT2D eigenvalue weighted by atomic mass is 14.8. The van der Waals surface area contributed by atoms with Crippen molar-refractivity contribution in [2.75, 3.05) is 5.73 Å². The Labute approximate surface area is 134 Å². The van der Waals surface area contributed by atoms with Crippen molar-refractivity contribution in [3.63, 3.8) is 0 Å². The van der Waals surface area contributed by atoms with E-state index in [0.29, 0.717) is 5.82 Å². The fourth-order valence-electron chi connectivity index (χ4n) is 2.81. The molecule has 0 radical (unpaired) electrons. The summed E-state index contributed by atoms with van der Waals surface area (Å²) in [6.45, 7) is 2.00. The number of aromatic amines is 1. The largest absolute Gasteiger partial charge is 0.384 e. The Morgan fingerprint density at radius 3 is 2.43 bits per heavy atom. The van der Waals surface area contributed by atoms with E-state index in [1.807, 2.05) is 31.3 Å². The first-order chi connectivity index (χ1) is 11.2. The van der Waals surface area contributed by atoms with Crippen LogP contribution in [0.5, 0.6) is 0 Å². The summed E-state index contributed by atoms with van der Waals surface area (Å²) in [6.07, 6.45) is 3.57. The second-order valence-electron chi connectivity index (χ2n) is 5.64. The summed E-state index contributed by atoms with van der Waals surface area (Å²) in [5, 5.41) is 1.17. The van der Waals surface area contributed by atoms with Crippen LogP contribution in [0.25, 0.3) is 33.3 Å². The van der Waals surface area contributed by atoms with Gasteiger partial charge in [-0.1, -0.05) is 6.07 Å². The summed E-state index contributed by atoms with van der Waals surface area (Å²) in [5.74, 6) is 0.532. The number of hydrogen-bond donors (Lipinski definition) is 2. The SMILES string of the molecule is Cc1cc(-c2cc3cc(-c4ccnc(N)c4)ccc3[nH]2)ccn1. The van der Waals surface area contributed by atoms with Gasteiger partial charge in [-0.05, 0) is 60.5 Å². The third-order valence-electron chi connectivity index (χ3n) is 3.94. The van der Waals surface area contributed by atoms with Gasteiger partial charge in [0.1, 0.15) is 5.82 Å². The van der Waals surface area contributed by atoms with Crippen LogP contribution >= 0.6 is 0 Å². The Bertz CT molecular complexity index is 958. The number of hydrogen-bond acceptors (Lipinski definition) is 3. The summed E-state index contributed by atoms with van der Waals surface area (Å²) in [5.41, 5.74) is 12.3. The molecule has 0 aliphatic carbocycles. The number of aryl methyl sites for hydroxylation is 1. The van der Waals surface area contributed by atoms with Crippen LogP contribution in [0.3, 0.4) is 0 Å². The van der Waals surface area contributed by atoms with Gasteiger partial charge in [-0.15, -0.1) is 0 Å². The highest BCUT2D eigenvalue weighted by Crippen LogP contribution is 2.28. The molecule has 0 atom stereocenters. The van der Waals surface area contributed by atoms with E-state index in [1.165, 1.54) is 5.39 Å². The van der Waals surface area contributed by atoms with Crippen LogP contribution in [0.4, 0.5) is 5.82 Å². The molecular weight excluding hydrogens is 284 g/mol. The van der Waals surface area contributed by atoms with Crippen molar-refractivity contribution in [1.82, 2.24) is 15.0 Å². The summed E-state index contributed by atoms with van der Waals surface area (Å²) in [4.78, 5) is 11.8. The Kier molecular flexibility index (Phi) is 3.08. The lowest BCUT2D eigenvalue weighted by Crippen LogP contribution is -1.89. The highest BCUT2D eigenvalue weighted by Gasteiger charge is 2.06. The van der Waals surface area contributed by atoms with Crippen LogP contribution in [-0.2, 0) is 0 Å².